The second-order valence-electron chi connectivity index (χ2n) is 6.65. The summed E-state index contributed by atoms with van der Waals surface area (Å²) in [5.74, 6) is 3.73. The number of aliphatic imine (C=N–C) groups is 1. The van der Waals surface area contributed by atoms with Crippen LogP contribution in [0.2, 0.25) is 0 Å². The van der Waals surface area contributed by atoms with Crippen molar-refractivity contribution in [1.82, 2.24) is 34.9 Å². The van der Waals surface area contributed by atoms with Crippen LogP contribution in [0, 0.1) is 0 Å². The first-order chi connectivity index (χ1) is 13.2. The van der Waals surface area contributed by atoms with E-state index in [1.807, 2.05) is 36.3 Å². The molecule has 0 fully saturated rings. The summed E-state index contributed by atoms with van der Waals surface area (Å²) in [7, 11) is 3.78. The first-order valence-corrected chi connectivity index (χ1v) is 9.16. The average molecular weight is 492 g/mol. The number of hydrogen-bond donors (Lipinski definition) is 2. The number of nitrogens with zero attached hydrogens (tertiary/aromatic N) is 6. The molecule has 1 aliphatic heterocycles. The van der Waals surface area contributed by atoms with Crippen LogP contribution in [0.25, 0.3) is 11.3 Å². The highest BCUT2D eigenvalue weighted by Crippen LogP contribution is 2.17. The molecule has 8 nitrogen and oxygen atoms in total. The van der Waals surface area contributed by atoms with Gasteiger partial charge < -0.3 is 19.8 Å². The quantitative estimate of drug-likeness (QED) is 0.325. The summed E-state index contributed by atoms with van der Waals surface area (Å²) in [5, 5.41) is 11.9. The number of halogens is 1. The van der Waals surface area contributed by atoms with Gasteiger partial charge in [0.2, 0.25) is 0 Å². The first-order valence-electron chi connectivity index (χ1n) is 9.16. The van der Waals surface area contributed by atoms with Gasteiger partial charge in [-0.15, -0.1) is 34.2 Å². The lowest BCUT2D eigenvalue weighted by atomic mass is 10.2. The van der Waals surface area contributed by atoms with Gasteiger partial charge in [-0.05, 0) is 12.0 Å². The highest BCUT2D eigenvalue weighted by Gasteiger charge is 2.18. The minimum Gasteiger partial charge on any atom is -0.349 e. The molecule has 1 aromatic carbocycles. The van der Waals surface area contributed by atoms with E-state index in [1.165, 1.54) is 0 Å². The van der Waals surface area contributed by atoms with E-state index >= 15 is 0 Å². The Labute approximate surface area is 181 Å². The molecule has 148 valence electrons. The number of guanidine groups is 1. The van der Waals surface area contributed by atoms with Gasteiger partial charge >= 0.3 is 0 Å². The summed E-state index contributed by atoms with van der Waals surface area (Å²) >= 11 is 0. The number of aromatic nitrogens is 5. The van der Waals surface area contributed by atoms with Crippen molar-refractivity contribution in [2.24, 2.45) is 4.99 Å². The monoisotopic (exact) mass is 492 g/mol. The third-order valence-electron chi connectivity index (χ3n) is 4.76. The van der Waals surface area contributed by atoms with Crippen molar-refractivity contribution in [3.8, 4) is 11.3 Å². The molecule has 0 saturated heterocycles. The standard InChI is InChI=1S/C19H24N8.HI/c1-20-19(22-12-18-25-24-17-9-6-10-27(17)18)26(2)13-16-21-11-15(23-16)14-7-4-3-5-8-14;/h3-5,7-8,11H,6,9-10,12-13H2,1-2H3,(H,20,22)(H,21,23);1H. The Bertz CT molecular complexity index is 931. The largest absolute Gasteiger partial charge is 0.349 e. The van der Waals surface area contributed by atoms with E-state index in [2.05, 4.69) is 47.2 Å². The van der Waals surface area contributed by atoms with Crippen LogP contribution in [0.1, 0.15) is 23.9 Å². The summed E-state index contributed by atoms with van der Waals surface area (Å²) in [6.07, 6.45) is 4.03. The van der Waals surface area contributed by atoms with Crippen LogP contribution in [0.15, 0.2) is 41.5 Å². The van der Waals surface area contributed by atoms with Crippen LogP contribution >= 0.6 is 24.0 Å². The van der Waals surface area contributed by atoms with Crippen LogP contribution in [0.5, 0.6) is 0 Å². The molecule has 0 amide bonds. The molecule has 0 aliphatic carbocycles. The second kappa shape index (κ2) is 9.18. The normalized spacial score (nSPS) is 13.1. The highest BCUT2D eigenvalue weighted by molar-refractivity contribution is 14.0. The SMILES string of the molecule is CN=C(NCc1nnc2n1CCC2)N(C)Cc1ncc(-c2ccccc2)[nH]1.I. The lowest BCUT2D eigenvalue weighted by Crippen LogP contribution is -2.38. The molecule has 1 aliphatic rings. The lowest BCUT2D eigenvalue weighted by Gasteiger charge is -2.21. The van der Waals surface area contributed by atoms with Crippen molar-refractivity contribution >= 4 is 29.9 Å². The van der Waals surface area contributed by atoms with Crippen molar-refractivity contribution in [1.29, 1.82) is 0 Å². The number of rotatable bonds is 5. The van der Waals surface area contributed by atoms with E-state index in [-0.39, 0.29) is 24.0 Å². The topological polar surface area (TPSA) is 87.0 Å². The minimum absolute atomic E-state index is 0. The van der Waals surface area contributed by atoms with Crippen LogP contribution in [0.4, 0.5) is 0 Å². The molecule has 3 heterocycles. The third-order valence-corrected chi connectivity index (χ3v) is 4.76. The molecule has 28 heavy (non-hydrogen) atoms. The fraction of sp³-hybridized carbons (Fsp3) is 0.368. The average Bonchev–Trinajstić information content (AvgIpc) is 3.41. The maximum absolute atomic E-state index is 4.50. The molecule has 3 aromatic rings. The van der Waals surface area contributed by atoms with E-state index in [1.54, 1.807) is 7.05 Å². The number of aryl methyl sites for hydroxylation is 1. The Morgan fingerprint density at radius 1 is 1.29 bits per heavy atom. The van der Waals surface area contributed by atoms with Crippen molar-refractivity contribution in [2.45, 2.75) is 32.5 Å². The van der Waals surface area contributed by atoms with E-state index in [0.717, 1.165) is 54.1 Å². The van der Waals surface area contributed by atoms with E-state index < -0.39 is 0 Å². The van der Waals surface area contributed by atoms with Gasteiger partial charge in [-0.3, -0.25) is 4.99 Å². The molecule has 2 N–H and O–H groups in total. The van der Waals surface area contributed by atoms with Gasteiger partial charge in [0.15, 0.2) is 11.8 Å². The molecule has 0 bridgehead atoms. The van der Waals surface area contributed by atoms with Crippen molar-refractivity contribution in [3.05, 3.63) is 54.0 Å². The van der Waals surface area contributed by atoms with E-state index in [0.29, 0.717) is 13.1 Å². The summed E-state index contributed by atoms with van der Waals surface area (Å²) in [4.78, 5) is 14.3. The highest BCUT2D eigenvalue weighted by atomic mass is 127. The van der Waals surface area contributed by atoms with Crippen molar-refractivity contribution < 1.29 is 0 Å². The number of aromatic amines is 1. The molecular weight excluding hydrogens is 467 g/mol. The Balaban J connectivity index is 0.00000225. The van der Waals surface area contributed by atoms with Crippen LogP contribution < -0.4 is 5.32 Å². The summed E-state index contributed by atoms with van der Waals surface area (Å²) in [6, 6.07) is 10.2. The van der Waals surface area contributed by atoms with E-state index in [9.17, 15) is 0 Å². The number of nitrogens with one attached hydrogen (secondary N) is 2. The number of benzene rings is 1. The van der Waals surface area contributed by atoms with Crippen LogP contribution in [-0.2, 0) is 26.1 Å². The summed E-state index contributed by atoms with van der Waals surface area (Å²) in [6.45, 7) is 2.24. The molecule has 0 atom stereocenters. The zero-order valence-corrected chi connectivity index (χ0v) is 18.4. The maximum atomic E-state index is 4.50. The third kappa shape index (κ3) is 4.34. The van der Waals surface area contributed by atoms with Crippen molar-refractivity contribution in [3.63, 3.8) is 0 Å². The van der Waals surface area contributed by atoms with E-state index in [4.69, 9.17) is 0 Å². The molecule has 0 radical (unpaired) electrons. The predicted molar refractivity (Wildman–Crippen MR) is 119 cm³/mol. The van der Waals surface area contributed by atoms with Gasteiger partial charge in [-0.1, -0.05) is 30.3 Å². The van der Waals surface area contributed by atoms with Crippen molar-refractivity contribution in [2.75, 3.05) is 14.1 Å². The lowest BCUT2D eigenvalue weighted by molar-refractivity contribution is 0.461. The number of hydrogen-bond acceptors (Lipinski definition) is 4. The smallest absolute Gasteiger partial charge is 0.194 e. The number of H-pyrrole nitrogens is 1. The van der Waals surface area contributed by atoms with Crippen LogP contribution in [0.3, 0.4) is 0 Å². The van der Waals surface area contributed by atoms with Gasteiger partial charge in [-0.25, -0.2) is 4.98 Å². The summed E-state index contributed by atoms with van der Waals surface area (Å²) in [5.41, 5.74) is 2.14. The molecule has 9 heteroatoms. The van der Waals surface area contributed by atoms with Gasteiger partial charge in [-0.2, -0.15) is 0 Å². The molecule has 2 aromatic heterocycles. The summed E-state index contributed by atoms with van der Waals surface area (Å²) < 4.78 is 2.19. The Hall–Kier alpha value is -2.43. The fourth-order valence-corrected chi connectivity index (χ4v) is 3.39. The molecule has 0 saturated carbocycles. The van der Waals surface area contributed by atoms with Gasteiger partial charge in [0, 0.05) is 27.1 Å². The Morgan fingerprint density at radius 3 is 2.89 bits per heavy atom. The Morgan fingerprint density at radius 2 is 2.11 bits per heavy atom. The first kappa shape index (κ1) is 20.3. The minimum atomic E-state index is 0. The molecular formula is C19H25IN8. The number of imidazole rings is 1. The maximum Gasteiger partial charge on any atom is 0.194 e. The predicted octanol–water partition coefficient (Wildman–Crippen LogP) is 2.44. The molecule has 0 unspecified atom stereocenters. The fourth-order valence-electron chi connectivity index (χ4n) is 3.39. The Kier molecular flexibility index (Phi) is 6.65. The zero-order chi connectivity index (χ0) is 18.6. The van der Waals surface area contributed by atoms with Gasteiger partial charge in [0.05, 0.1) is 25.0 Å². The zero-order valence-electron chi connectivity index (χ0n) is 16.1. The number of fused-ring (bicyclic) bond motifs is 1. The van der Waals surface area contributed by atoms with Gasteiger partial charge in [0.25, 0.3) is 0 Å². The van der Waals surface area contributed by atoms with Crippen LogP contribution in [-0.4, -0.2) is 49.7 Å². The molecule has 4 rings (SSSR count). The molecule has 0 spiro atoms. The van der Waals surface area contributed by atoms with Gasteiger partial charge in [0.1, 0.15) is 11.6 Å². The second-order valence-corrected chi connectivity index (χ2v) is 6.65.